The first-order chi connectivity index (χ1) is 4.86. The monoisotopic (exact) mass is 196 g/mol. The van der Waals surface area contributed by atoms with Gasteiger partial charge in [0, 0.05) is 15.2 Å². The van der Waals surface area contributed by atoms with E-state index in [9.17, 15) is 0 Å². The minimum absolute atomic E-state index is 1.08. The van der Waals surface area contributed by atoms with Crippen molar-refractivity contribution in [3.8, 4) is 0 Å². The first-order valence-corrected chi connectivity index (χ1v) is 3.77. The second-order valence-corrected chi connectivity index (χ2v) is 3.06. The van der Waals surface area contributed by atoms with Gasteiger partial charge in [0.15, 0.2) is 0 Å². The van der Waals surface area contributed by atoms with E-state index in [1.54, 1.807) is 12.5 Å². The zero-order valence-corrected chi connectivity index (χ0v) is 6.76. The summed E-state index contributed by atoms with van der Waals surface area (Å²) >= 11 is 3.38. The predicted molar refractivity (Wildman–Crippen MR) is 43.9 cm³/mol. The summed E-state index contributed by atoms with van der Waals surface area (Å²) < 4.78 is 6.08. The number of hydrogen-bond acceptors (Lipinski definition) is 1. The van der Waals surface area contributed by atoms with Gasteiger partial charge in [-0.15, -0.1) is 0 Å². The lowest BCUT2D eigenvalue weighted by Crippen LogP contribution is -1.62. The molecule has 2 heteroatoms. The van der Waals surface area contributed by atoms with Crippen LogP contribution in [0.1, 0.15) is 0 Å². The molecule has 0 bridgehead atoms. The topological polar surface area (TPSA) is 13.1 Å². The molecule has 0 amide bonds. The van der Waals surface area contributed by atoms with Crippen molar-refractivity contribution in [1.82, 2.24) is 0 Å². The lowest BCUT2D eigenvalue weighted by atomic mass is 10.2. The normalized spacial score (nSPS) is 10.5. The molecule has 0 unspecified atom stereocenters. The molecule has 1 nitrogen and oxygen atoms in total. The van der Waals surface area contributed by atoms with Crippen molar-refractivity contribution in [3.63, 3.8) is 0 Å². The number of rotatable bonds is 0. The van der Waals surface area contributed by atoms with Crippen LogP contribution in [0.3, 0.4) is 0 Å². The highest BCUT2D eigenvalue weighted by Gasteiger charge is 1.93. The molecule has 1 heterocycles. The van der Waals surface area contributed by atoms with E-state index >= 15 is 0 Å². The van der Waals surface area contributed by atoms with E-state index in [0.29, 0.717) is 0 Å². The van der Waals surface area contributed by atoms with E-state index in [-0.39, 0.29) is 0 Å². The van der Waals surface area contributed by atoms with Gasteiger partial charge in [-0.05, 0) is 12.1 Å². The molecular formula is C8H5BrO. The van der Waals surface area contributed by atoms with Crippen LogP contribution in [0.2, 0.25) is 0 Å². The molecule has 0 aliphatic heterocycles. The zero-order valence-electron chi connectivity index (χ0n) is 5.17. The van der Waals surface area contributed by atoms with E-state index < -0.39 is 0 Å². The molecule has 2 aromatic rings. The van der Waals surface area contributed by atoms with Crippen molar-refractivity contribution in [3.05, 3.63) is 35.2 Å². The molecule has 2 rings (SSSR count). The van der Waals surface area contributed by atoms with Crippen LogP contribution in [0.25, 0.3) is 10.8 Å². The van der Waals surface area contributed by atoms with Crippen LogP contribution in [-0.2, 0) is 0 Å². The highest BCUT2D eigenvalue weighted by molar-refractivity contribution is 9.10. The van der Waals surface area contributed by atoms with Crippen LogP contribution in [0.4, 0.5) is 0 Å². The smallest absolute Gasteiger partial charge is 0.0981 e. The fourth-order valence-electron chi connectivity index (χ4n) is 0.936. The number of benzene rings is 1. The second kappa shape index (κ2) is 2.13. The SMILES string of the molecule is Brc1ccc2cocc2c1. The Morgan fingerprint density at radius 1 is 1.10 bits per heavy atom. The van der Waals surface area contributed by atoms with Gasteiger partial charge < -0.3 is 4.42 Å². The van der Waals surface area contributed by atoms with E-state index in [1.165, 1.54) is 0 Å². The summed E-state index contributed by atoms with van der Waals surface area (Å²) in [5.41, 5.74) is 0. The van der Waals surface area contributed by atoms with Crippen LogP contribution >= 0.6 is 15.9 Å². The summed E-state index contributed by atoms with van der Waals surface area (Å²) in [4.78, 5) is 0. The van der Waals surface area contributed by atoms with Gasteiger partial charge in [-0.3, -0.25) is 0 Å². The van der Waals surface area contributed by atoms with Gasteiger partial charge in [-0.1, -0.05) is 22.0 Å². The van der Waals surface area contributed by atoms with Gasteiger partial charge in [0.25, 0.3) is 0 Å². The molecule has 0 atom stereocenters. The zero-order chi connectivity index (χ0) is 6.97. The van der Waals surface area contributed by atoms with Crippen molar-refractivity contribution in [2.75, 3.05) is 0 Å². The summed E-state index contributed by atoms with van der Waals surface area (Å²) in [6, 6.07) is 6.04. The first-order valence-electron chi connectivity index (χ1n) is 2.98. The Hall–Kier alpha value is -0.760. The Balaban J connectivity index is 2.86. The maximum Gasteiger partial charge on any atom is 0.0981 e. The third-order valence-corrected chi connectivity index (χ3v) is 1.93. The predicted octanol–water partition coefficient (Wildman–Crippen LogP) is 3.20. The second-order valence-electron chi connectivity index (χ2n) is 2.15. The standard InChI is InChI=1S/C8H5BrO/c9-8-2-1-6-4-10-5-7(6)3-8/h1-5H. The molecule has 0 N–H and O–H groups in total. The van der Waals surface area contributed by atoms with Crippen LogP contribution < -0.4 is 0 Å². The molecule has 0 radical (unpaired) electrons. The summed E-state index contributed by atoms with van der Waals surface area (Å²) in [5.74, 6) is 0. The summed E-state index contributed by atoms with van der Waals surface area (Å²) in [7, 11) is 0. The largest absolute Gasteiger partial charge is 0.471 e. The highest BCUT2D eigenvalue weighted by Crippen LogP contribution is 2.19. The van der Waals surface area contributed by atoms with Crippen LogP contribution in [0.5, 0.6) is 0 Å². The van der Waals surface area contributed by atoms with E-state index in [2.05, 4.69) is 15.9 Å². The van der Waals surface area contributed by atoms with Crippen LogP contribution in [-0.4, -0.2) is 0 Å². The minimum atomic E-state index is 1.08. The van der Waals surface area contributed by atoms with E-state index in [0.717, 1.165) is 15.2 Å². The molecule has 0 fully saturated rings. The summed E-state index contributed by atoms with van der Waals surface area (Å²) in [6.45, 7) is 0. The van der Waals surface area contributed by atoms with Gasteiger partial charge in [0.1, 0.15) is 0 Å². The van der Waals surface area contributed by atoms with Gasteiger partial charge in [-0.25, -0.2) is 0 Å². The van der Waals surface area contributed by atoms with E-state index in [4.69, 9.17) is 4.42 Å². The summed E-state index contributed by atoms with van der Waals surface area (Å²) in [5, 5.41) is 2.28. The number of hydrogen-bond donors (Lipinski definition) is 0. The quantitative estimate of drug-likeness (QED) is 0.631. The summed E-state index contributed by atoms with van der Waals surface area (Å²) in [6.07, 6.45) is 3.47. The molecule has 1 aromatic carbocycles. The van der Waals surface area contributed by atoms with Gasteiger partial charge in [-0.2, -0.15) is 0 Å². The highest BCUT2D eigenvalue weighted by atomic mass is 79.9. The lowest BCUT2D eigenvalue weighted by Gasteiger charge is -1.87. The third kappa shape index (κ3) is 0.847. The number of furan rings is 1. The maximum absolute atomic E-state index is 5.00. The molecule has 0 aliphatic rings. The molecule has 0 saturated heterocycles. The van der Waals surface area contributed by atoms with Gasteiger partial charge in [0.2, 0.25) is 0 Å². The Bertz CT molecular complexity index is 351. The van der Waals surface area contributed by atoms with Crippen LogP contribution in [0.15, 0.2) is 39.6 Å². The van der Waals surface area contributed by atoms with Gasteiger partial charge in [0.05, 0.1) is 12.5 Å². The molecule has 0 saturated carbocycles. The first kappa shape index (κ1) is 5.98. The molecule has 10 heavy (non-hydrogen) atoms. The Morgan fingerprint density at radius 3 is 2.80 bits per heavy atom. The third-order valence-electron chi connectivity index (χ3n) is 1.44. The molecule has 50 valence electrons. The van der Waals surface area contributed by atoms with Crippen LogP contribution in [0, 0.1) is 0 Å². The van der Waals surface area contributed by atoms with Gasteiger partial charge >= 0.3 is 0 Å². The van der Waals surface area contributed by atoms with Crippen molar-refractivity contribution < 1.29 is 4.42 Å². The van der Waals surface area contributed by atoms with Crippen molar-refractivity contribution >= 4 is 26.7 Å². The van der Waals surface area contributed by atoms with E-state index in [1.807, 2.05) is 18.2 Å². The lowest BCUT2D eigenvalue weighted by molar-refractivity contribution is 0.572. The fourth-order valence-corrected chi connectivity index (χ4v) is 1.31. The average Bonchev–Trinajstić information content (AvgIpc) is 2.33. The molecule has 0 spiro atoms. The number of halogens is 1. The fraction of sp³-hybridized carbons (Fsp3) is 0. The maximum atomic E-state index is 5.00. The Labute approximate surface area is 66.8 Å². The van der Waals surface area contributed by atoms with Crippen molar-refractivity contribution in [2.45, 2.75) is 0 Å². The molecule has 0 aliphatic carbocycles. The van der Waals surface area contributed by atoms with Crippen molar-refractivity contribution in [1.29, 1.82) is 0 Å². The minimum Gasteiger partial charge on any atom is -0.471 e. The Morgan fingerprint density at radius 2 is 1.90 bits per heavy atom. The molecular weight excluding hydrogens is 192 g/mol. The molecule has 1 aromatic heterocycles. The average molecular weight is 197 g/mol. The Kier molecular flexibility index (Phi) is 1.27. The number of fused-ring (bicyclic) bond motifs is 1. The van der Waals surface area contributed by atoms with Crippen molar-refractivity contribution in [2.24, 2.45) is 0 Å².